The molecule has 5 heterocycles. The molecule has 1 aliphatic heterocycles. The van der Waals surface area contributed by atoms with Gasteiger partial charge in [-0.25, -0.2) is 14.1 Å². The Morgan fingerprint density at radius 1 is 1.11 bits per heavy atom. The first-order chi connectivity index (χ1) is 17.5. The number of rotatable bonds is 6. The van der Waals surface area contributed by atoms with E-state index >= 15 is 0 Å². The minimum atomic E-state index is -1.20. The van der Waals surface area contributed by atoms with Crippen LogP contribution < -0.4 is 10.6 Å². The van der Waals surface area contributed by atoms with Gasteiger partial charge >= 0.3 is 0 Å². The molecule has 36 heavy (non-hydrogen) atoms. The van der Waals surface area contributed by atoms with E-state index in [0.29, 0.717) is 53.1 Å². The third-order valence-corrected chi connectivity index (χ3v) is 7.35. The molecule has 0 radical (unpaired) electrons. The van der Waals surface area contributed by atoms with Gasteiger partial charge < -0.3 is 19.6 Å². The molecule has 1 fully saturated rings. The maximum absolute atomic E-state index is 14.6. The standard InChI is InChI=1S/C23H24FN9O2S/c1-36(34)15-4-5-18(17(24)13-15)31-9-6-30(7-10-31)8-11-32-21-16(14-26-32)22-27-20(19-3-2-12-35-19)29-33(22)23(25)28-21/h2-5,12-14H,6-11H2,1H3,(H2,25,28)/t36-/m0/s1. The fraction of sp³-hybridized carbons (Fsp3) is 0.304. The maximum Gasteiger partial charge on any atom is 0.225 e. The normalized spacial score (nSPS) is 15.8. The Morgan fingerprint density at radius 3 is 2.67 bits per heavy atom. The summed E-state index contributed by atoms with van der Waals surface area (Å²) in [6, 6.07) is 8.37. The molecule has 6 rings (SSSR count). The molecule has 1 aromatic carbocycles. The number of nitrogens with two attached hydrogens (primary N) is 1. The first kappa shape index (κ1) is 22.8. The number of nitrogens with zero attached hydrogens (tertiary/aromatic N) is 8. The smallest absolute Gasteiger partial charge is 0.225 e. The van der Waals surface area contributed by atoms with Crippen LogP contribution >= 0.6 is 0 Å². The first-order valence-electron chi connectivity index (χ1n) is 11.5. The van der Waals surface area contributed by atoms with E-state index in [1.165, 1.54) is 10.6 Å². The van der Waals surface area contributed by atoms with Crippen LogP contribution in [0.2, 0.25) is 0 Å². The van der Waals surface area contributed by atoms with Gasteiger partial charge in [-0.3, -0.25) is 4.90 Å². The Labute approximate surface area is 208 Å². The average Bonchev–Trinajstić information content (AvgIpc) is 3.63. The van der Waals surface area contributed by atoms with Gasteiger partial charge in [0.15, 0.2) is 27.8 Å². The molecular weight excluding hydrogens is 485 g/mol. The second-order valence-electron chi connectivity index (χ2n) is 8.62. The van der Waals surface area contributed by atoms with Crippen LogP contribution in [0.4, 0.5) is 16.0 Å². The lowest BCUT2D eigenvalue weighted by Crippen LogP contribution is -2.47. The van der Waals surface area contributed by atoms with Crippen molar-refractivity contribution in [1.82, 2.24) is 34.3 Å². The molecule has 0 amide bonds. The molecule has 1 atom stereocenters. The van der Waals surface area contributed by atoms with Crippen molar-refractivity contribution in [3.63, 3.8) is 0 Å². The van der Waals surface area contributed by atoms with E-state index in [1.807, 2.05) is 9.58 Å². The van der Waals surface area contributed by atoms with E-state index in [1.54, 1.807) is 43.0 Å². The third-order valence-electron chi connectivity index (χ3n) is 6.43. The van der Waals surface area contributed by atoms with Gasteiger partial charge in [0, 0.05) is 38.8 Å². The van der Waals surface area contributed by atoms with Gasteiger partial charge in [-0.05, 0) is 35.4 Å². The lowest BCUT2D eigenvalue weighted by atomic mass is 10.2. The van der Waals surface area contributed by atoms with Crippen LogP contribution in [-0.2, 0) is 17.7 Å². The second-order valence-corrected chi connectivity index (χ2v) is 10.00. The highest BCUT2D eigenvalue weighted by molar-refractivity contribution is 7.90. The highest BCUT2D eigenvalue weighted by Crippen LogP contribution is 2.25. The third kappa shape index (κ3) is 4.04. The Bertz CT molecular complexity index is 1520. The predicted octanol–water partition coefficient (Wildman–Crippen LogP) is 2.01. The summed E-state index contributed by atoms with van der Waals surface area (Å²) in [7, 11) is 0. The molecule has 13 heteroatoms. The molecule has 11 nitrogen and oxygen atoms in total. The van der Waals surface area contributed by atoms with E-state index < -0.39 is 11.2 Å². The number of halogens is 1. The zero-order valence-electron chi connectivity index (χ0n) is 19.5. The second kappa shape index (κ2) is 9.08. The Morgan fingerprint density at radius 2 is 1.94 bits per heavy atom. The van der Waals surface area contributed by atoms with Crippen molar-refractivity contribution in [2.24, 2.45) is 0 Å². The van der Waals surface area contributed by atoms with Crippen molar-refractivity contribution in [3.05, 3.63) is 48.6 Å². The van der Waals surface area contributed by atoms with E-state index in [0.717, 1.165) is 25.0 Å². The summed E-state index contributed by atoms with van der Waals surface area (Å²) in [5.74, 6) is 0.866. The number of benzene rings is 1. The Hall–Kier alpha value is -3.68. The number of furan rings is 1. The van der Waals surface area contributed by atoms with Crippen LogP contribution in [0.5, 0.6) is 0 Å². The Kier molecular flexibility index (Phi) is 5.74. The molecule has 0 spiro atoms. The lowest BCUT2D eigenvalue weighted by Gasteiger charge is -2.36. The van der Waals surface area contributed by atoms with Gasteiger partial charge in [-0.2, -0.15) is 14.6 Å². The summed E-state index contributed by atoms with van der Waals surface area (Å²) in [5.41, 5.74) is 7.95. The van der Waals surface area contributed by atoms with Gasteiger partial charge in [0.2, 0.25) is 11.8 Å². The minimum Gasteiger partial charge on any atom is -0.612 e. The van der Waals surface area contributed by atoms with E-state index in [9.17, 15) is 8.94 Å². The summed E-state index contributed by atoms with van der Waals surface area (Å²) in [6.07, 6.45) is 4.84. The van der Waals surface area contributed by atoms with Crippen LogP contribution in [0.3, 0.4) is 0 Å². The number of hydrogen-bond donors (Lipinski definition) is 1. The van der Waals surface area contributed by atoms with Crippen LogP contribution in [0.25, 0.3) is 28.3 Å². The number of anilines is 2. The van der Waals surface area contributed by atoms with Crippen LogP contribution in [0, 0.1) is 5.82 Å². The monoisotopic (exact) mass is 509 g/mol. The number of hydrogen-bond acceptors (Lipinski definition) is 9. The first-order valence-corrected chi connectivity index (χ1v) is 13.1. The Balaban J connectivity index is 1.14. The molecule has 1 saturated heterocycles. The summed E-state index contributed by atoms with van der Waals surface area (Å²) in [5, 5.41) is 9.70. The zero-order valence-corrected chi connectivity index (χ0v) is 20.4. The van der Waals surface area contributed by atoms with Crippen molar-refractivity contribution >= 4 is 39.5 Å². The molecule has 2 N–H and O–H groups in total. The van der Waals surface area contributed by atoms with Gasteiger partial charge in [0.25, 0.3) is 0 Å². The number of piperazine rings is 1. The van der Waals surface area contributed by atoms with Crippen LogP contribution in [-0.4, -0.2) is 77.8 Å². The zero-order chi connectivity index (χ0) is 24.8. The van der Waals surface area contributed by atoms with Gasteiger partial charge in [-0.15, -0.1) is 5.10 Å². The highest BCUT2D eigenvalue weighted by atomic mass is 32.2. The molecular formula is C23H24FN9O2S. The van der Waals surface area contributed by atoms with Gasteiger partial charge in [-0.1, -0.05) is 0 Å². The topological polar surface area (TPSA) is 130 Å². The number of aromatic nitrogens is 6. The molecule has 4 aromatic heterocycles. The summed E-state index contributed by atoms with van der Waals surface area (Å²) in [6.45, 7) is 4.36. The van der Waals surface area contributed by atoms with Gasteiger partial charge in [0.1, 0.15) is 6.26 Å². The molecule has 0 bridgehead atoms. The predicted molar refractivity (Wildman–Crippen MR) is 134 cm³/mol. The molecule has 1 aliphatic rings. The minimum absolute atomic E-state index is 0.220. The SMILES string of the molecule is C[S@+]([O-])c1ccc(N2CCN(CCn3ncc4c3nc(N)n3nc(-c5ccco5)nc43)CC2)c(F)c1. The van der Waals surface area contributed by atoms with Gasteiger partial charge in [0.05, 0.1) is 30.1 Å². The molecule has 5 aromatic rings. The fourth-order valence-electron chi connectivity index (χ4n) is 4.50. The highest BCUT2D eigenvalue weighted by Gasteiger charge is 2.22. The van der Waals surface area contributed by atoms with E-state index in [2.05, 4.69) is 25.1 Å². The molecule has 0 aliphatic carbocycles. The average molecular weight is 510 g/mol. The van der Waals surface area contributed by atoms with E-state index in [-0.39, 0.29) is 11.8 Å². The maximum atomic E-state index is 14.6. The fourth-order valence-corrected chi connectivity index (χ4v) is 5.03. The molecule has 0 saturated carbocycles. The summed E-state index contributed by atoms with van der Waals surface area (Å²) < 4.78 is 34.9. The van der Waals surface area contributed by atoms with Crippen LogP contribution in [0.15, 0.2) is 52.1 Å². The largest absolute Gasteiger partial charge is 0.612 e. The molecule has 186 valence electrons. The number of fused-ring (bicyclic) bond motifs is 3. The lowest BCUT2D eigenvalue weighted by molar-refractivity contribution is 0.245. The summed E-state index contributed by atoms with van der Waals surface area (Å²) >= 11 is -1.20. The van der Waals surface area contributed by atoms with Crippen molar-refractivity contribution in [2.45, 2.75) is 11.4 Å². The van der Waals surface area contributed by atoms with Crippen molar-refractivity contribution in [3.8, 4) is 11.6 Å². The van der Waals surface area contributed by atoms with Crippen molar-refractivity contribution in [1.29, 1.82) is 0 Å². The van der Waals surface area contributed by atoms with Crippen LogP contribution in [0.1, 0.15) is 0 Å². The summed E-state index contributed by atoms with van der Waals surface area (Å²) in [4.78, 5) is 13.9. The molecule has 0 unspecified atom stereocenters. The van der Waals surface area contributed by atoms with E-state index in [4.69, 9.17) is 10.2 Å². The van der Waals surface area contributed by atoms with Crippen molar-refractivity contribution < 1.29 is 13.4 Å². The van der Waals surface area contributed by atoms with Crippen molar-refractivity contribution in [2.75, 3.05) is 49.6 Å². The number of nitrogen functional groups attached to an aromatic ring is 1. The quantitative estimate of drug-likeness (QED) is 0.342.